The van der Waals surface area contributed by atoms with Crippen LogP contribution in [-0.2, 0) is 9.53 Å². The molecule has 0 N–H and O–H groups in total. The van der Waals surface area contributed by atoms with Gasteiger partial charge in [-0.2, -0.15) is 0 Å². The number of aromatic nitrogens is 1. The van der Waals surface area contributed by atoms with Crippen molar-refractivity contribution in [3.8, 4) is 17.2 Å². The number of carbonyl (C=O) groups is 1. The van der Waals surface area contributed by atoms with Crippen LogP contribution >= 0.6 is 11.3 Å². The van der Waals surface area contributed by atoms with E-state index in [2.05, 4.69) is 4.99 Å². The van der Waals surface area contributed by atoms with Crippen LogP contribution in [0.25, 0.3) is 6.08 Å². The van der Waals surface area contributed by atoms with Gasteiger partial charge in [0.25, 0.3) is 5.56 Å². The molecule has 4 rings (SSSR count). The number of hydrogen-bond acceptors (Lipinski definition) is 8. The Balaban J connectivity index is 1.89. The normalized spacial score (nSPS) is 15.2. The molecule has 2 heterocycles. The maximum atomic E-state index is 13.9. The monoisotopic (exact) mass is 550 g/mol. The third-order valence-corrected chi connectivity index (χ3v) is 6.99. The molecule has 0 saturated heterocycles. The molecule has 1 aliphatic rings. The van der Waals surface area contributed by atoms with Crippen molar-refractivity contribution in [1.29, 1.82) is 0 Å². The number of thiazole rings is 1. The Morgan fingerprint density at radius 1 is 1.15 bits per heavy atom. The minimum absolute atomic E-state index is 0.0504. The Morgan fingerprint density at radius 2 is 1.95 bits per heavy atom. The predicted molar refractivity (Wildman–Crippen MR) is 151 cm³/mol. The largest absolute Gasteiger partial charge is 0.494 e. The van der Waals surface area contributed by atoms with Crippen molar-refractivity contribution in [2.24, 2.45) is 4.99 Å². The van der Waals surface area contributed by atoms with Crippen LogP contribution in [0.4, 0.5) is 0 Å². The fourth-order valence-electron chi connectivity index (χ4n) is 4.38. The van der Waals surface area contributed by atoms with E-state index in [0.717, 1.165) is 17.7 Å². The van der Waals surface area contributed by atoms with Gasteiger partial charge in [0.1, 0.15) is 5.75 Å². The van der Waals surface area contributed by atoms with Gasteiger partial charge in [0, 0.05) is 0 Å². The maximum absolute atomic E-state index is 13.9. The second-order valence-corrected chi connectivity index (χ2v) is 10.3. The number of carbonyl (C=O) groups excluding carboxylic acids is 1. The lowest BCUT2D eigenvalue weighted by atomic mass is 9.95. The number of hydrogen-bond donors (Lipinski definition) is 0. The fraction of sp³-hybridized carbons (Fsp3) is 0.367. The van der Waals surface area contributed by atoms with E-state index >= 15 is 0 Å². The van der Waals surface area contributed by atoms with Gasteiger partial charge in [0.05, 0.1) is 48.3 Å². The zero-order valence-corrected chi connectivity index (χ0v) is 24.0. The van der Waals surface area contributed by atoms with Crippen molar-refractivity contribution in [3.05, 3.63) is 84.5 Å². The van der Waals surface area contributed by atoms with E-state index in [1.54, 1.807) is 37.7 Å². The van der Waals surface area contributed by atoms with Crippen LogP contribution in [0.15, 0.2) is 63.5 Å². The van der Waals surface area contributed by atoms with E-state index in [1.807, 2.05) is 57.2 Å². The summed E-state index contributed by atoms with van der Waals surface area (Å²) in [7, 11) is 1.56. The van der Waals surface area contributed by atoms with Gasteiger partial charge in [0.15, 0.2) is 16.3 Å². The van der Waals surface area contributed by atoms with Gasteiger partial charge in [-0.15, -0.1) is 0 Å². The Bertz CT molecular complexity index is 1570. The molecule has 0 spiro atoms. The fourth-order valence-corrected chi connectivity index (χ4v) is 5.42. The van der Waals surface area contributed by atoms with Gasteiger partial charge in [0.2, 0.25) is 0 Å². The molecule has 39 heavy (non-hydrogen) atoms. The zero-order chi connectivity index (χ0) is 28.1. The summed E-state index contributed by atoms with van der Waals surface area (Å²) >= 11 is 1.28. The lowest BCUT2D eigenvalue weighted by molar-refractivity contribution is -0.139. The number of methoxy groups -OCH3 is 1. The molecule has 0 fully saturated rings. The number of rotatable bonds is 10. The third kappa shape index (κ3) is 6.09. The summed E-state index contributed by atoms with van der Waals surface area (Å²) in [6.07, 6.45) is 2.68. The highest BCUT2D eigenvalue weighted by Gasteiger charge is 2.34. The molecular weight excluding hydrogens is 516 g/mol. The van der Waals surface area contributed by atoms with Gasteiger partial charge < -0.3 is 18.9 Å². The maximum Gasteiger partial charge on any atom is 0.338 e. The molecule has 1 atom stereocenters. The number of benzene rings is 2. The highest BCUT2D eigenvalue weighted by Crippen LogP contribution is 2.36. The molecule has 9 heteroatoms. The standard InChI is InChI=1S/C30H34N2O6S/c1-7-14-37-22-11-9-10-20(15-22)16-25-28(33)32-27(21-12-13-23(38-18(3)4)24(17-21)35-6)26(29(34)36-8-2)19(5)31-30(32)39-25/h9-13,15-18,27H,7-8,14H2,1-6H3. The quantitative estimate of drug-likeness (QED) is 0.348. The number of ether oxygens (including phenoxy) is 4. The Labute approximate surface area is 231 Å². The van der Waals surface area contributed by atoms with E-state index in [0.29, 0.717) is 44.3 Å². The lowest BCUT2D eigenvalue weighted by Crippen LogP contribution is -2.40. The van der Waals surface area contributed by atoms with Crippen LogP contribution in [0, 0.1) is 0 Å². The van der Waals surface area contributed by atoms with Crippen LogP contribution < -0.4 is 29.1 Å². The SMILES string of the molecule is CCCOc1cccc(C=c2sc3n(c2=O)C(c2ccc(OC(C)C)c(OC)c2)C(C(=O)OCC)=C(C)N=3)c1. The summed E-state index contributed by atoms with van der Waals surface area (Å²) in [5.74, 6) is 1.31. The Kier molecular flexibility index (Phi) is 8.91. The molecule has 1 aromatic heterocycles. The summed E-state index contributed by atoms with van der Waals surface area (Å²) in [4.78, 5) is 32.2. The molecule has 206 valence electrons. The van der Waals surface area contributed by atoms with E-state index in [-0.39, 0.29) is 18.3 Å². The first-order valence-corrected chi connectivity index (χ1v) is 13.9. The van der Waals surface area contributed by atoms with Gasteiger partial charge in [-0.3, -0.25) is 9.36 Å². The topological polar surface area (TPSA) is 88.3 Å². The smallest absolute Gasteiger partial charge is 0.338 e. The lowest BCUT2D eigenvalue weighted by Gasteiger charge is -2.25. The van der Waals surface area contributed by atoms with Gasteiger partial charge in [-0.1, -0.05) is 36.5 Å². The minimum atomic E-state index is -0.747. The van der Waals surface area contributed by atoms with Crippen molar-refractivity contribution in [3.63, 3.8) is 0 Å². The average molecular weight is 551 g/mol. The van der Waals surface area contributed by atoms with Crippen LogP contribution in [0.3, 0.4) is 0 Å². The van der Waals surface area contributed by atoms with Crippen LogP contribution in [0.1, 0.15) is 58.2 Å². The molecule has 0 amide bonds. The molecule has 0 saturated carbocycles. The first-order chi connectivity index (χ1) is 18.8. The van der Waals surface area contributed by atoms with Crippen molar-refractivity contribution in [1.82, 2.24) is 4.57 Å². The number of esters is 1. The highest BCUT2D eigenvalue weighted by atomic mass is 32.1. The molecule has 1 unspecified atom stereocenters. The Hall–Kier alpha value is -3.85. The summed E-state index contributed by atoms with van der Waals surface area (Å²) in [5.41, 5.74) is 2.08. The first kappa shape index (κ1) is 28.2. The number of nitrogens with zero attached hydrogens (tertiary/aromatic N) is 2. The second kappa shape index (κ2) is 12.3. The van der Waals surface area contributed by atoms with E-state index in [9.17, 15) is 9.59 Å². The minimum Gasteiger partial charge on any atom is -0.494 e. The van der Waals surface area contributed by atoms with Crippen molar-refractivity contribution in [2.45, 2.75) is 53.2 Å². The molecule has 0 radical (unpaired) electrons. The summed E-state index contributed by atoms with van der Waals surface area (Å²) in [6.45, 7) is 10.2. The second-order valence-electron chi connectivity index (χ2n) is 9.30. The van der Waals surface area contributed by atoms with E-state index in [4.69, 9.17) is 18.9 Å². The average Bonchev–Trinajstić information content (AvgIpc) is 3.21. The number of allylic oxidation sites excluding steroid dienone is 1. The first-order valence-electron chi connectivity index (χ1n) is 13.0. The molecular formula is C30H34N2O6S. The highest BCUT2D eigenvalue weighted by molar-refractivity contribution is 7.07. The Morgan fingerprint density at radius 3 is 2.64 bits per heavy atom. The summed E-state index contributed by atoms with van der Waals surface area (Å²) < 4.78 is 24.7. The van der Waals surface area contributed by atoms with Gasteiger partial charge >= 0.3 is 5.97 Å². The van der Waals surface area contributed by atoms with Crippen LogP contribution in [0.5, 0.6) is 17.2 Å². The van der Waals surface area contributed by atoms with Crippen LogP contribution in [0.2, 0.25) is 0 Å². The third-order valence-electron chi connectivity index (χ3n) is 6.01. The van der Waals surface area contributed by atoms with Crippen molar-refractivity contribution >= 4 is 23.4 Å². The van der Waals surface area contributed by atoms with Crippen molar-refractivity contribution in [2.75, 3.05) is 20.3 Å². The molecule has 3 aromatic rings. The predicted octanol–water partition coefficient (Wildman–Crippen LogP) is 4.38. The van der Waals surface area contributed by atoms with Crippen LogP contribution in [-0.4, -0.2) is 37.0 Å². The number of fused-ring (bicyclic) bond motifs is 1. The molecule has 8 nitrogen and oxygen atoms in total. The molecule has 1 aliphatic heterocycles. The summed E-state index contributed by atoms with van der Waals surface area (Å²) in [5, 5.41) is 0. The molecule has 0 bridgehead atoms. The zero-order valence-electron chi connectivity index (χ0n) is 23.1. The van der Waals surface area contributed by atoms with Crippen molar-refractivity contribution < 1.29 is 23.7 Å². The molecule has 0 aliphatic carbocycles. The molecule has 2 aromatic carbocycles. The van der Waals surface area contributed by atoms with Gasteiger partial charge in [-0.25, -0.2) is 9.79 Å². The van der Waals surface area contributed by atoms with E-state index < -0.39 is 12.0 Å². The van der Waals surface area contributed by atoms with E-state index in [1.165, 1.54) is 11.3 Å². The van der Waals surface area contributed by atoms with Gasteiger partial charge in [-0.05, 0) is 75.6 Å². The summed E-state index contributed by atoms with van der Waals surface area (Å²) in [6, 6.07) is 12.3.